The van der Waals surface area contributed by atoms with Crippen LogP contribution in [0.3, 0.4) is 0 Å². The van der Waals surface area contributed by atoms with Gasteiger partial charge in [0, 0.05) is 25.2 Å². The van der Waals surface area contributed by atoms with Crippen LogP contribution in [-0.2, 0) is 19.0 Å². The Morgan fingerprint density at radius 3 is 2.33 bits per heavy atom. The van der Waals surface area contributed by atoms with E-state index in [9.17, 15) is 13.2 Å². The molecule has 0 radical (unpaired) electrons. The van der Waals surface area contributed by atoms with Crippen LogP contribution in [0.5, 0.6) is 0 Å². The van der Waals surface area contributed by atoms with Gasteiger partial charge in [0.05, 0.1) is 12.3 Å². The van der Waals surface area contributed by atoms with Crippen LogP contribution in [-0.4, -0.2) is 68.1 Å². The molecule has 2 aliphatic heterocycles. The maximum Gasteiger partial charge on any atom is 0.412 e. The van der Waals surface area contributed by atoms with E-state index >= 15 is 0 Å². The monoisotopic (exact) mass is 320 g/mol. The van der Waals surface area contributed by atoms with E-state index in [-0.39, 0.29) is 6.04 Å². The molecule has 0 bridgehead atoms. The van der Waals surface area contributed by atoms with Gasteiger partial charge in [-0.1, -0.05) is 0 Å². The minimum absolute atomic E-state index is 0.0793. The number of hydrogen-bond acceptors (Lipinski definition) is 6. The summed E-state index contributed by atoms with van der Waals surface area (Å²) >= 11 is 0. The number of cyclic esters (lactones) is 1. The first-order chi connectivity index (χ1) is 9.69. The quantitative estimate of drug-likeness (QED) is 0.719. The second kappa shape index (κ2) is 6.10. The molecule has 0 N–H and O–H groups in total. The Balaban J connectivity index is 1.99. The molecule has 0 aromatic rings. The lowest BCUT2D eigenvalue weighted by Gasteiger charge is -2.38. The Bertz CT molecular complexity index is 485. The third-order valence-electron chi connectivity index (χ3n) is 4.15. The molecule has 8 heteroatoms. The van der Waals surface area contributed by atoms with Crippen LogP contribution in [0.25, 0.3) is 0 Å². The summed E-state index contributed by atoms with van der Waals surface area (Å²) < 4.78 is 32.3. The normalized spacial score (nSPS) is 29.2. The zero-order chi connectivity index (χ0) is 15.8. The summed E-state index contributed by atoms with van der Waals surface area (Å²) in [6.07, 6.45) is 1.15. The average molecular weight is 320 g/mol. The number of amides is 1. The fourth-order valence-electron chi connectivity index (χ4n) is 2.99. The SMILES string of the molecule is CC(C)N1CCC(N2C(=O)OC(OS(C)(=O)=O)C2C)CC1. The van der Waals surface area contributed by atoms with Crippen LogP contribution in [0.15, 0.2) is 0 Å². The lowest BCUT2D eigenvalue weighted by molar-refractivity contribution is -0.00937. The molecule has 2 rings (SSSR count). The van der Waals surface area contributed by atoms with Crippen LogP contribution in [0.2, 0.25) is 0 Å². The van der Waals surface area contributed by atoms with E-state index in [4.69, 9.17) is 8.92 Å². The molecular weight excluding hydrogens is 296 g/mol. The van der Waals surface area contributed by atoms with Crippen molar-refractivity contribution < 1.29 is 22.1 Å². The molecule has 2 fully saturated rings. The number of ether oxygens (including phenoxy) is 1. The Hall–Kier alpha value is -0.860. The maximum atomic E-state index is 12.0. The van der Waals surface area contributed by atoms with Gasteiger partial charge >= 0.3 is 6.09 Å². The molecule has 0 aromatic carbocycles. The van der Waals surface area contributed by atoms with Gasteiger partial charge in [0.15, 0.2) is 0 Å². The zero-order valence-electron chi connectivity index (χ0n) is 13.0. The first-order valence-corrected chi connectivity index (χ1v) is 9.12. The van der Waals surface area contributed by atoms with Crippen molar-refractivity contribution in [2.45, 2.75) is 58.0 Å². The van der Waals surface area contributed by atoms with Crippen LogP contribution in [0.4, 0.5) is 4.79 Å². The van der Waals surface area contributed by atoms with Crippen molar-refractivity contribution in [2.24, 2.45) is 0 Å². The first kappa shape index (κ1) is 16.5. The molecule has 2 saturated heterocycles. The fraction of sp³-hybridized carbons (Fsp3) is 0.923. The summed E-state index contributed by atoms with van der Waals surface area (Å²) in [6, 6.07) is 0.175. The largest absolute Gasteiger partial charge is 0.416 e. The molecule has 1 amide bonds. The topological polar surface area (TPSA) is 76.2 Å². The summed E-state index contributed by atoms with van der Waals surface area (Å²) in [5.41, 5.74) is 0. The minimum Gasteiger partial charge on any atom is -0.416 e. The molecule has 2 unspecified atom stereocenters. The fourth-order valence-corrected chi connectivity index (χ4v) is 3.54. The number of piperidine rings is 1. The Morgan fingerprint density at radius 2 is 1.86 bits per heavy atom. The Kier molecular flexibility index (Phi) is 4.79. The van der Waals surface area contributed by atoms with E-state index in [0.717, 1.165) is 32.2 Å². The predicted molar refractivity (Wildman–Crippen MR) is 77.2 cm³/mol. The number of likely N-dealkylation sites (tertiary alicyclic amines) is 1. The van der Waals surface area contributed by atoms with Gasteiger partial charge < -0.3 is 9.64 Å². The van der Waals surface area contributed by atoms with E-state index in [1.165, 1.54) is 0 Å². The van der Waals surface area contributed by atoms with Gasteiger partial charge in [-0.05, 0) is 33.6 Å². The van der Waals surface area contributed by atoms with Crippen molar-refractivity contribution in [1.82, 2.24) is 9.80 Å². The highest BCUT2D eigenvalue weighted by atomic mass is 32.2. The highest BCUT2D eigenvalue weighted by molar-refractivity contribution is 7.86. The zero-order valence-corrected chi connectivity index (χ0v) is 13.8. The van der Waals surface area contributed by atoms with E-state index in [2.05, 4.69) is 18.7 Å². The number of carbonyl (C=O) groups excluding carboxylic acids is 1. The molecule has 2 atom stereocenters. The van der Waals surface area contributed by atoms with Gasteiger partial charge in [-0.2, -0.15) is 8.42 Å². The third-order valence-corrected chi connectivity index (χ3v) is 4.69. The van der Waals surface area contributed by atoms with Crippen LogP contribution in [0, 0.1) is 0 Å². The Labute approximate surface area is 126 Å². The summed E-state index contributed by atoms with van der Waals surface area (Å²) in [5.74, 6) is 0. The number of rotatable bonds is 4. The molecule has 122 valence electrons. The molecule has 7 nitrogen and oxygen atoms in total. The van der Waals surface area contributed by atoms with Gasteiger partial charge in [0.25, 0.3) is 10.1 Å². The van der Waals surface area contributed by atoms with E-state index < -0.39 is 28.5 Å². The molecule has 0 aromatic heterocycles. The lowest BCUT2D eigenvalue weighted by Crippen LogP contribution is -2.50. The average Bonchev–Trinajstić information content (AvgIpc) is 2.62. The predicted octanol–water partition coefficient (Wildman–Crippen LogP) is 1.00. The smallest absolute Gasteiger partial charge is 0.412 e. The standard InChI is InChI=1S/C13H24N2O5S/c1-9(2)14-7-5-11(6-8-14)15-10(3)12(19-13(15)16)20-21(4,17)18/h9-12H,5-8H2,1-4H3. The van der Waals surface area contributed by atoms with Crippen molar-refractivity contribution >= 4 is 16.2 Å². The molecule has 0 aliphatic carbocycles. The van der Waals surface area contributed by atoms with Crippen LogP contribution < -0.4 is 0 Å². The van der Waals surface area contributed by atoms with Crippen molar-refractivity contribution in [3.8, 4) is 0 Å². The minimum atomic E-state index is -3.65. The molecule has 21 heavy (non-hydrogen) atoms. The molecule has 0 spiro atoms. The summed E-state index contributed by atoms with van der Waals surface area (Å²) in [7, 11) is -3.65. The summed E-state index contributed by atoms with van der Waals surface area (Å²) in [5, 5.41) is 0. The van der Waals surface area contributed by atoms with Gasteiger partial charge in [-0.3, -0.25) is 4.90 Å². The second-order valence-corrected chi connectivity index (χ2v) is 7.66. The van der Waals surface area contributed by atoms with Crippen molar-refractivity contribution in [2.75, 3.05) is 19.3 Å². The van der Waals surface area contributed by atoms with Crippen molar-refractivity contribution in [3.05, 3.63) is 0 Å². The number of hydrogen-bond donors (Lipinski definition) is 0. The van der Waals surface area contributed by atoms with Gasteiger partial charge in [-0.15, -0.1) is 0 Å². The Morgan fingerprint density at radius 1 is 1.29 bits per heavy atom. The highest BCUT2D eigenvalue weighted by Crippen LogP contribution is 2.28. The molecule has 0 saturated carbocycles. The van der Waals surface area contributed by atoms with Crippen molar-refractivity contribution in [3.63, 3.8) is 0 Å². The third kappa shape index (κ3) is 3.87. The summed E-state index contributed by atoms with van der Waals surface area (Å²) in [4.78, 5) is 16.0. The maximum absolute atomic E-state index is 12.0. The molecule has 2 heterocycles. The van der Waals surface area contributed by atoms with E-state index in [0.29, 0.717) is 6.04 Å². The first-order valence-electron chi connectivity index (χ1n) is 7.30. The van der Waals surface area contributed by atoms with Crippen LogP contribution >= 0.6 is 0 Å². The van der Waals surface area contributed by atoms with E-state index in [1.807, 2.05) is 0 Å². The second-order valence-electron chi connectivity index (χ2n) is 6.06. The van der Waals surface area contributed by atoms with Gasteiger partial charge in [0.2, 0.25) is 6.29 Å². The summed E-state index contributed by atoms with van der Waals surface area (Å²) in [6.45, 7) is 7.93. The van der Waals surface area contributed by atoms with Gasteiger partial charge in [-0.25, -0.2) is 8.98 Å². The van der Waals surface area contributed by atoms with Crippen LogP contribution in [0.1, 0.15) is 33.6 Å². The molecule has 2 aliphatic rings. The highest BCUT2D eigenvalue weighted by Gasteiger charge is 2.45. The molecular formula is C13H24N2O5S. The van der Waals surface area contributed by atoms with Gasteiger partial charge in [0.1, 0.15) is 0 Å². The number of nitrogens with zero attached hydrogens (tertiary/aromatic N) is 2. The van der Waals surface area contributed by atoms with E-state index in [1.54, 1.807) is 11.8 Å². The lowest BCUT2D eigenvalue weighted by atomic mass is 10.0. The number of carbonyl (C=O) groups is 1. The van der Waals surface area contributed by atoms with Crippen molar-refractivity contribution in [1.29, 1.82) is 0 Å².